The second-order valence-electron chi connectivity index (χ2n) is 5.32. The van der Waals surface area contributed by atoms with E-state index in [4.69, 9.17) is 5.73 Å². The van der Waals surface area contributed by atoms with E-state index in [2.05, 4.69) is 10.3 Å². The average molecular weight is 290 g/mol. The van der Waals surface area contributed by atoms with Gasteiger partial charge < -0.3 is 16.0 Å². The third-order valence-corrected chi connectivity index (χ3v) is 3.71. The Morgan fingerprint density at radius 1 is 1.38 bits per heavy atom. The fourth-order valence-electron chi connectivity index (χ4n) is 2.66. The van der Waals surface area contributed by atoms with Crippen LogP contribution in [0, 0.1) is 0 Å². The summed E-state index contributed by atoms with van der Waals surface area (Å²) in [4.78, 5) is 29.3. The molecule has 0 spiro atoms. The molecular formula is C15H22N4O2. The molecule has 21 heavy (non-hydrogen) atoms. The molecule has 6 heteroatoms. The number of primary amides is 1. The lowest BCUT2D eigenvalue weighted by Crippen LogP contribution is -2.50. The number of amides is 3. The van der Waals surface area contributed by atoms with Gasteiger partial charge in [0, 0.05) is 43.9 Å². The van der Waals surface area contributed by atoms with Crippen LogP contribution < -0.4 is 11.1 Å². The predicted octanol–water partition coefficient (Wildman–Crippen LogP) is 1.06. The molecule has 6 nitrogen and oxygen atoms in total. The Hall–Kier alpha value is -2.11. The summed E-state index contributed by atoms with van der Waals surface area (Å²) in [5, 5.41) is 2.90. The minimum Gasteiger partial charge on any atom is -0.370 e. The number of nitrogens with zero attached hydrogens (tertiary/aromatic N) is 2. The van der Waals surface area contributed by atoms with E-state index in [9.17, 15) is 9.59 Å². The molecule has 1 aliphatic rings. The molecule has 1 aromatic heterocycles. The molecule has 1 saturated heterocycles. The largest absolute Gasteiger partial charge is 0.370 e. The Kier molecular flexibility index (Phi) is 5.54. The number of nitrogens with two attached hydrogens (primary N) is 1. The minimum atomic E-state index is -0.354. The molecule has 0 aromatic carbocycles. The van der Waals surface area contributed by atoms with E-state index in [0.29, 0.717) is 19.5 Å². The molecule has 1 atom stereocenters. The van der Waals surface area contributed by atoms with Gasteiger partial charge in [0.05, 0.1) is 0 Å². The first-order valence-electron chi connectivity index (χ1n) is 7.39. The molecule has 2 heterocycles. The van der Waals surface area contributed by atoms with E-state index in [-0.39, 0.29) is 24.4 Å². The van der Waals surface area contributed by atoms with Crippen molar-refractivity contribution in [2.24, 2.45) is 5.73 Å². The summed E-state index contributed by atoms with van der Waals surface area (Å²) < 4.78 is 0. The summed E-state index contributed by atoms with van der Waals surface area (Å²) >= 11 is 0. The molecule has 3 N–H and O–H groups in total. The lowest BCUT2D eigenvalue weighted by molar-refractivity contribution is -0.119. The molecule has 0 radical (unpaired) electrons. The molecule has 1 aromatic rings. The van der Waals surface area contributed by atoms with Crippen LogP contribution in [0.15, 0.2) is 24.4 Å². The quantitative estimate of drug-likeness (QED) is 0.850. The van der Waals surface area contributed by atoms with Crippen LogP contribution in [0.4, 0.5) is 4.79 Å². The van der Waals surface area contributed by atoms with E-state index in [0.717, 1.165) is 25.0 Å². The predicted molar refractivity (Wildman–Crippen MR) is 79.5 cm³/mol. The van der Waals surface area contributed by atoms with Crippen LogP contribution in [0.5, 0.6) is 0 Å². The van der Waals surface area contributed by atoms with Crippen molar-refractivity contribution in [2.75, 3.05) is 13.1 Å². The Morgan fingerprint density at radius 3 is 2.95 bits per heavy atom. The van der Waals surface area contributed by atoms with Crippen LogP contribution in [0.2, 0.25) is 0 Å². The van der Waals surface area contributed by atoms with Gasteiger partial charge in [0.15, 0.2) is 0 Å². The fraction of sp³-hybridized carbons (Fsp3) is 0.533. The second kappa shape index (κ2) is 7.61. The maximum Gasteiger partial charge on any atom is 0.317 e. The van der Waals surface area contributed by atoms with Crippen molar-refractivity contribution in [3.8, 4) is 0 Å². The van der Waals surface area contributed by atoms with Gasteiger partial charge in [-0.25, -0.2) is 4.79 Å². The van der Waals surface area contributed by atoms with E-state index >= 15 is 0 Å². The molecular weight excluding hydrogens is 268 g/mol. The Bertz CT molecular complexity index is 478. The average Bonchev–Trinajstić information content (AvgIpc) is 2.48. The van der Waals surface area contributed by atoms with Gasteiger partial charge in [-0.2, -0.15) is 0 Å². The van der Waals surface area contributed by atoms with Crippen molar-refractivity contribution >= 4 is 11.9 Å². The van der Waals surface area contributed by atoms with Crippen molar-refractivity contribution in [2.45, 2.75) is 38.1 Å². The van der Waals surface area contributed by atoms with Crippen LogP contribution >= 0.6 is 0 Å². The van der Waals surface area contributed by atoms with Crippen LogP contribution in [0.25, 0.3) is 0 Å². The summed E-state index contributed by atoms with van der Waals surface area (Å²) in [7, 11) is 0. The summed E-state index contributed by atoms with van der Waals surface area (Å²) in [6, 6.07) is 5.55. The molecule has 1 fully saturated rings. The lowest BCUT2D eigenvalue weighted by atomic mass is 9.99. The molecule has 0 saturated carbocycles. The molecule has 0 bridgehead atoms. The molecule has 114 valence electrons. The van der Waals surface area contributed by atoms with Gasteiger partial charge >= 0.3 is 6.03 Å². The number of carbonyl (C=O) groups is 2. The monoisotopic (exact) mass is 290 g/mol. The highest BCUT2D eigenvalue weighted by molar-refractivity contribution is 5.78. The highest BCUT2D eigenvalue weighted by atomic mass is 16.2. The van der Waals surface area contributed by atoms with E-state index in [1.807, 2.05) is 18.2 Å². The van der Waals surface area contributed by atoms with Crippen molar-refractivity contribution < 1.29 is 9.59 Å². The number of urea groups is 1. The standard InChI is InChI=1S/C15H22N4O2/c16-14(20)11-13-6-2-4-10-19(13)15(21)18-9-7-12-5-1-3-8-17-12/h1,3,5,8,13H,2,4,6-7,9-11H2,(H2,16,20)(H,18,21). The van der Waals surface area contributed by atoms with Gasteiger partial charge in [0.1, 0.15) is 0 Å². The zero-order valence-corrected chi connectivity index (χ0v) is 12.1. The van der Waals surface area contributed by atoms with E-state index in [1.165, 1.54) is 0 Å². The van der Waals surface area contributed by atoms with Crippen molar-refractivity contribution in [3.63, 3.8) is 0 Å². The Balaban J connectivity index is 1.81. The summed E-state index contributed by atoms with van der Waals surface area (Å²) in [6.45, 7) is 1.23. The maximum atomic E-state index is 12.2. The number of hydrogen-bond donors (Lipinski definition) is 2. The first-order valence-corrected chi connectivity index (χ1v) is 7.39. The molecule has 1 unspecified atom stereocenters. The molecule has 0 aliphatic carbocycles. The summed E-state index contributed by atoms with van der Waals surface area (Å²) in [5.41, 5.74) is 6.21. The van der Waals surface area contributed by atoms with Gasteiger partial charge in [-0.3, -0.25) is 9.78 Å². The summed E-state index contributed by atoms with van der Waals surface area (Å²) in [6.07, 6.45) is 5.54. The zero-order valence-electron chi connectivity index (χ0n) is 12.1. The number of carbonyl (C=O) groups excluding carboxylic acids is 2. The fourth-order valence-corrected chi connectivity index (χ4v) is 2.66. The third-order valence-electron chi connectivity index (χ3n) is 3.71. The van der Waals surface area contributed by atoms with Gasteiger partial charge in [-0.1, -0.05) is 6.07 Å². The topological polar surface area (TPSA) is 88.3 Å². The molecule has 2 rings (SSSR count). The van der Waals surface area contributed by atoms with Crippen molar-refractivity contribution in [1.82, 2.24) is 15.2 Å². The molecule has 1 aliphatic heterocycles. The Labute approximate surface area is 124 Å². The zero-order chi connectivity index (χ0) is 15.1. The number of hydrogen-bond acceptors (Lipinski definition) is 3. The van der Waals surface area contributed by atoms with Crippen molar-refractivity contribution in [3.05, 3.63) is 30.1 Å². The van der Waals surface area contributed by atoms with Crippen LogP contribution in [-0.4, -0.2) is 41.0 Å². The first kappa shape index (κ1) is 15.3. The lowest BCUT2D eigenvalue weighted by Gasteiger charge is -2.35. The van der Waals surface area contributed by atoms with Gasteiger partial charge in [-0.15, -0.1) is 0 Å². The number of piperidine rings is 1. The SMILES string of the molecule is NC(=O)CC1CCCCN1C(=O)NCCc1ccccn1. The Morgan fingerprint density at radius 2 is 2.24 bits per heavy atom. The van der Waals surface area contributed by atoms with Crippen molar-refractivity contribution in [1.29, 1.82) is 0 Å². The third kappa shape index (κ3) is 4.73. The summed E-state index contributed by atoms with van der Waals surface area (Å²) in [5.74, 6) is -0.354. The smallest absolute Gasteiger partial charge is 0.317 e. The highest BCUT2D eigenvalue weighted by Crippen LogP contribution is 2.19. The normalized spacial score (nSPS) is 18.3. The van der Waals surface area contributed by atoms with Crippen LogP contribution in [-0.2, 0) is 11.2 Å². The second-order valence-corrected chi connectivity index (χ2v) is 5.32. The van der Waals surface area contributed by atoms with Gasteiger partial charge in [-0.05, 0) is 31.4 Å². The number of nitrogens with one attached hydrogen (secondary N) is 1. The van der Waals surface area contributed by atoms with Gasteiger partial charge in [0.2, 0.25) is 5.91 Å². The van der Waals surface area contributed by atoms with E-state index in [1.54, 1.807) is 11.1 Å². The van der Waals surface area contributed by atoms with E-state index < -0.39 is 0 Å². The highest BCUT2D eigenvalue weighted by Gasteiger charge is 2.27. The van der Waals surface area contributed by atoms with Crippen LogP contribution in [0.3, 0.4) is 0 Å². The first-order chi connectivity index (χ1) is 10.2. The van der Waals surface area contributed by atoms with Crippen LogP contribution in [0.1, 0.15) is 31.4 Å². The molecule has 3 amide bonds. The van der Waals surface area contributed by atoms with Gasteiger partial charge in [0.25, 0.3) is 0 Å². The minimum absolute atomic E-state index is 0.0638. The maximum absolute atomic E-state index is 12.2. The number of pyridine rings is 1. The number of rotatable bonds is 5. The number of likely N-dealkylation sites (tertiary alicyclic amines) is 1. The number of aromatic nitrogens is 1.